The van der Waals surface area contributed by atoms with Crippen molar-refractivity contribution in [2.24, 2.45) is 0 Å². The van der Waals surface area contributed by atoms with Gasteiger partial charge in [-0.3, -0.25) is 9.20 Å². The Kier molecular flexibility index (Phi) is 5.46. The zero-order valence-electron chi connectivity index (χ0n) is 13.5. The van der Waals surface area contributed by atoms with Gasteiger partial charge in [0.1, 0.15) is 0 Å². The number of hydrogen-bond acceptors (Lipinski definition) is 4. The second-order valence-electron chi connectivity index (χ2n) is 5.51. The molecule has 26 heavy (non-hydrogen) atoms. The first-order chi connectivity index (χ1) is 12.4. The van der Waals surface area contributed by atoms with Gasteiger partial charge in [0.05, 0.1) is 17.9 Å². The molecule has 5 nitrogen and oxygen atoms in total. The van der Waals surface area contributed by atoms with E-state index in [1.54, 1.807) is 0 Å². The summed E-state index contributed by atoms with van der Waals surface area (Å²) in [6.45, 7) is 0.0945. The number of benzene rings is 1. The molecule has 0 aliphatic carbocycles. The SMILES string of the molecule is O=C(CSCc1ccccc1)NCc1nnc2cc(C(F)(F)F)ccn12. The zero-order chi connectivity index (χ0) is 18.6. The number of pyridine rings is 1. The second-order valence-corrected chi connectivity index (χ2v) is 6.50. The molecule has 0 bridgehead atoms. The third-order valence-electron chi connectivity index (χ3n) is 3.60. The van der Waals surface area contributed by atoms with Crippen LogP contribution in [0.25, 0.3) is 5.65 Å². The van der Waals surface area contributed by atoms with E-state index >= 15 is 0 Å². The first-order valence-electron chi connectivity index (χ1n) is 7.73. The average Bonchev–Trinajstić information content (AvgIpc) is 3.02. The standard InChI is InChI=1S/C17H15F3N4OS/c18-17(19,20)13-6-7-24-14(8-13)22-23-15(24)9-21-16(25)11-26-10-12-4-2-1-3-5-12/h1-8H,9-11H2,(H,21,25). The van der Waals surface area contributed by atoms with E-state index in [2.05, 4.69) is 15.5 Å². The minimum Gasteiger partial charge on any atom is -0.348 e. The summed E-state index contributed by atoms with van der Waals surface area (Å²) in [7, 11) is 0. The molecule has 1 amide bonds. The molecule has 0 spiro atoms. The summed E-state index contributed by atoms with van der Waals surface area (Å²) in [5, 5.41) is 10.3. The average molecular weight is 380 g/mol. The van der Waals surface area contributed by atoms with Crippen LogP contribution in [0.5, 0.6) is 0 Å². The van der Waals surface area contributed by atoms with Crippen LogP contribution in [-0.2, 0) is 23.3 Å². The zero-order valence-corrected chi connectivity index (χ0v) is 14.3. The third-order valence-corrected chi connectivity index (χ3v) is 4.60. The summed E-state index contributed by atoms with van der Waals surface area (Å²) in [6, 6.07) is 11.7. The number of nitrogens with zero attached hydrogens (tertiary/aromatic N) is 3. The number of fused-ring (bicyclic) bond motifs is 1. The van der Waals surface area contributed by atoms with Crippen molar-refractivity contribution in [2.45, 2.75) is 18.5 Å². The number of carbonyl (C=O) groups is 1. The Hall–Kier alpha value is -2.55. The molecule has 136 valence electrons. The quantitative estimate of drug-likeness (QED) is 0.713. The number of thioether (sulfide) groups is 1. The fourth-order valence-corrected chi connectivity index (χ4v) is 3.12. The minimum absolute atomic E-state index is 0.0857. The van der Waals surface area contributed by atoms with Crippen molar-refractivity contribution in [3.63, 3.8) is 0 Å². The lowest BCUT2D eigenvalue weighted by atomic mass is 10.2. The summed E-state index contributed by atoms with van der Waals surface area (Å²) < 4.78 is 39.5. The molecular formula is C17H15F3N4OS. The van der Waals surface area contributed by atoms with Gasteiger partial charge in [0.25, 0.3) is 0 Å². The van der Waals surface area contributed by atoms with E-state index < -0.39 is 11.7 Å². The van der Waals surface area contributed by atoms with E-state index in [9.17, 15) is 18.0 Å². The summed E-state index contributed by atoms with van der Waals surface area (Å²) in [5.41, 5.74) is 0.432. The highest BCUT2D eigenvalue weighted by Crippen LogP contribution is 2.29. The maximum absolute atomic E-state index is 12.7. The van der Waals surface area contributed by atoms with Gasteiger partial charge in [-0.05, 0) is 17.7 Å². The smallest absolute Gasteiger partial charge is 0.348 e. The number of rotatable bonds is 6. The van der Waals surface area contributed by atoms with Gasteiger partial charge in [0.15, 0.2) is 11.5 Å². The molecule has 3 rings (SSSR count). The van der Waals surface area contributed by atoms with E-state index in [1.807, 2.05) is 30.3 Å². The van der Waals surface area contributed by atoms with E-state index in [1.165, 1.54) is 22.4 Å². The Balaban J connectivity index is 1.53. The van der Waals surface area contributed by atoms with Crippen LogP contribution >= 0.6 is 11.8 Å². The lowest BCUT2D eigenvalue weighted by molar-refractivity contribution is -0.137. The largest absolute Gasteiger partial charge is 0.416 e. The monoisotopic (exact) mass is 380 g/mol. The van der Waals surface area contributed by atoms with E-state index in [4.69, 9.17) is 0 Å². The normalized spacial score (nSPS) is 11.7. The molecule has 1 N–H and O–H groups in total. The van der Waals surface area contributed by atoms with Crippen molar-refractivity contribution in [2.75, 3.05) is 5.75 Å². The number of alkyl halides is 3. The Morgan fingerprint density at radius 2 is 1.92 bits per heavy atom. The van der Waals surface area contributed by atoms with Crippen molar-refractivity contribution < 1.29 is 18.0 Å². The highest BCUT2D eigenvalue weighted by atomic mass is 32.2. The molecule has 0 saturated carbocycles. The van der Waals surface area contributed by atoms with Crippen molar-refractivity contribution in [1.29, 1.82) is 0 Å². The third kappa shape index (κ3) is 4.54. The second kappa shape index (κ2) is 7.77. The van der Waals surface area contributed by atoms with Crippen molar-refractivity contribution in [3.8, 4) is 0 Å². The number of aromatic nitrogens is 3. The summed E-state index contributed by atoms with van der Waals surface area (Å²) >= 11 is 1.48. The van der Waals surface area contributed by atoms with Gasteiger partial charge in [0.2, 0.25) is 5.91 Å². The van der Waals surface area contributed by atoms with E-state index in [-0.39, 0.29) is 23.9 Å². The van der Waals surface area contributed by atoms with Gasteiger partial charge >= 0.3 is 6.18 Å². The maximum atomic E-state index is 12.7. The summed E-state index contributed by atoms with van der Waals surface area (Å²) in [6.07, 6.45) is -3.18. The van der Waals surface area contributed by atoms with Crippen LogP contribution in [0.2, 0.25) is 0 Å². The number of halogens is 3. The van der Waals surface area contributed by atoms with Crippen molar-refractivity contribution in [3.05, 3.63) is 65.6 Å². The van der Waals surface area contributed by atoms with Crippen LogP contribution in [0.4, 0.5) is 13.2 Å². The number of carbonyl (C=O) groups excluding carboxylic acids is 1. The first-order valence-corrected chi connectivity index (χ1v) is 8.88. The molecule has 0 fully saturated rings. The Labute approximate surface area is 151 Å². The van der Waals surface area contributed by atoms with E-state index in [0.717, 1.165) is 23.4 Å². The molecule has 3 aromatic rings. The topological polar surface area (TPSA) is 59.3 Å². The molecule has 0 atom stereocenters. The van der Waals surface area contributed by atoms with Crippen LogP contribution in [0.1, 0.15) is 17.0 Å². The first kappa shape index (κ1) is 18.2. The highest BCUT2D eigenvalue weighted by Gasteiger charge is 2.31. The van der Waals surface area contributed by atoms with Crippen LogP contribution in [-0.4, -0.2) is 26.3 Å². The summed E-state index contributed by atoms with van der Waals surface area (Å²) in [4.78, 5) is 11.9. The van der Waals surface area contributed by atoms with Gasteiger partial charge in [-0.15, -0.1) is 22.0 Å². The summed E-state index contributed by atoms with van der Waals surface area (Å²) in [5.74, 6) is 1.20. The molecular weight excluding hydrogens is 365 g/mol. The molecule has 2 aromatic heterocycles. The fraction of sp³-hybridized carbons (Fsp3) is 0.235. The number of amides is 1. The van der Waals surface area contributed by atoms with Gasteiger partial charge in [-0.1, -0.05) is 30.3 Å². The van der Waals surface area contributed by atoms with Crippen LogP contribution < -0.4 is 5.32 Å². The lowest BCUT2D eigenvalue weighted by Crippen LogP contribution is -2.25. The molecule has 0 aliphatic heterocycles. The molecule has 9 heteroatoms. The lowest BCUT2D eigenvalue weighted by Gasteiger charge is -2.07. The molecule has 0 unspecified atom stereocenters. The minimum atomic E-state index is -4.43. The number of nitrogens with one attached hydrogen (secondary N) is 1. The van der Waals surface area contributed by atoms with Crippen LogP contribution in [0, 0.1) is 0 Å². The molecule has 2 heterocycles. The van der Waals surface area contributed by atoms with E-state index in [0.29, 0.717) is 5.82 Å². The predicted octanol–water partition coefficient (Wildman–Crippen LogP) is 3.30. The molecule has 0 saturated heterocycles. The highest BCUT2D eigenvalue weighted by molar-refractivity contribution is 7.99. The molecule has 0 aliphatic rings. The van der Waals surface area contributed by atoms with Gasteiger partial charge in [-0.2, -0.15) is 13.2 Å². The van der Waals surface area contributed by atoms with Crippen molar-refractivity contribution >= 4 is 23.3 Å². The van der Waals surface area contributed by atoms with Crippen LogP contribution in [0.15, 0.2) is 48.7 Å². The van der Waals surface area contributed by atoms with Crippen LogP contribution in [0.3, 0.4) is 0 Å². The van der Waals surface area contributed by atoms with Gasteiger partial charge < -0.3 is 5.32 Å². The predicted molar refractivity (Wildman–Crippen MR) is 92.4 cm³/mol. The Morgan fingerprint density at radius 1 is 1.15 bits per heavy atom. The fourth-order valence-electron chi connectivity index (χ4n) is 2.30. The Bertz CT molecular complexity index is 896. The molecule has 0 radical (unpaired) electrons. The molecule has 1 aromatic carbocycles. The Morgan fingerprint density at radius 3 is 2.65 bits per heavy atom. The van der Waals surface area contributed by atoms with Gasteiger partial charge in [0, 0.05) is 11.9 Å². The number of hydrogen-bond donors (Lipinski definition) is 1. The van der Waals surface area contributed by atoms with Gasteiger partial charge in [-0.25, -0.2) is 0 Å². The maximum Gasteiger partial charge on any atom is 0.416 e. The van der Waals surface area contributed by atoms with Crippen molar-refractivity contribution in [1.82, 2.24) is 19.9 Å².